The van der Waals surface area contributed by atoms with Crippen LogP contribution in [0, 0.1) is 0 Å². The Kier molecular flexibility index (Phi) is 4.31. The van der Waals surface area contributed by atoms with Crippen molar-refractivity contribution in [1.82, 2.24) is 19.7 Å². The van der Waals surface area contributed by atoms with Crippen LogP contribution in [0.2, 0.25) is 0 Å². The van der Waals surface area contributed by atoms with E-state index in [1.54, 1.807) is 0 Å². The summed E-state index contributed by atoms with van der Waals surface area (Å²) in [7, 11) is 0. The Labute approximate surface area is 154 Å². The second-order valence-electron chi connectivity index (χ2n) is 7.49. The number of fused-ring (bicyclic) bond motifs is 1. The van der Waals surface area contributed by atoms with Crippen LogP contribution in [0.25, 0.3) is 10.9 Å². The first-order chi connectivity index (χ1) is 12.6. The third-order valence-electron chi connectivity index (χ3n) is 5.13. The lowest BCUT2D eigenvalue weighted by atomic mass is 10.1. The van der Waals surface area contributed by atoms with Crippen LogP contribution in [0.1, 0.15) is 61.3 Å². The number of H-pyrrole nitrogens is 1. The molecule has 5 heteroatoms. The zero-order chi connectivity index (χ0) is 18.3. The van der Waals surface area contributed by atoms with Gasteiger partial charge in [-0.25, -0.2) is 0 Å². The minimum absolute atomic E-state index is 0.0999. The van der Waals surface area contributed by atoms with E-state index >= 15 is 0 Å². The predicted molar refractivity (Wildman–Crippen MR) is 103 cm³/mol. The van der Waals surface area contributed by atoms with Crippen LogP contribution < -0.4 is 0 Å². The fourth-order valence-electron chi connectivity index (χ4n) is 3.43. The summed E-state index contributed by atoms with van der Waals surface area (Å²) in [6.07, 6.45) is 4.14. The zero-order valence-electron chi connectivity index (χ0n) is 15.7. The summed E-state index contributed by atoms with van der Waals surface area (Å²) in [6, 6.07) is 10.8. The van der Waals surface area contributed by atoms with Gasteiger partial charge in [-0.1, -0.05) is 19.9 Å². The highest BCUT2D eigenvalue weighted by Crippen LogP contribution is 2.31. The lowest BCUT2D eigenvalue weighted by Crippen LogP contribution is -2.34. The van der Waals surface area contributed by atoms with E-state index in [2.05, 4.69) is 48.2 Å². The average molecular weight is 350 g/mol. The lowest BCUT2D eigenvalue weighted by Gasteiger charge is -2.23. The van der Waals surface area contributed by atoms with E-state index in [4.69, 9.17) is 0 Å². The van der Waals surface area contributed by atoms with Gasteiger partial charge in [-0.05, 0) is 60.9 Å². The number of hydrogen-bond acceptors (Lipinski definition) is 2. The Hall–Kier alpha value is -2.56. The maximum atomic E-state index is 13.3. The van der Waals surface area contributed by atoms with Crippen LogP contribution in [0.15, 0.2) is 36.5 Å². The number of carbonyl (C=O) groups is 1. The topological polar surface area (TPSA) is 53.9 Å². The van der Waals surface area contributed by atoms with Crippen molar-refractivity contribution < 1.29 is 4.79 Å². The second-order valence-corrected chi connectivity index (χ2v) is 7.49. The predicted octanol–water partition coefficient (Wildman–Crippen LogP) is 4.31. The van der Waals surface area contributed by atoms with Crippen LogP contribution in [0.5, 0.6) is 0 Å². The van der Waals surface area contributed by atoms with E-state index in [1.807, 2.05) is 28.8 Å². The summed E-state index contributed by atoms with van der Waals surface area (Å²) in [6.45, 7) is 7.62. The highest BCUT2D eigenvalue weighted by atomic mass is 16.2. The molecule has 136 valence electrons. The minimum Gasteiger partial charge on any atom is -0.361 e. The molecule has 0 aliphatic heterocycles. The molecule has 1 amide bonds. The third kappa shape index (κ3) is 3.14. The molecule has 3 aromatic rings. The number of aromatic nitrogens is 3. The molecule has 0 spiro atoms. The SMILES string of the molecule is CCn1nc(C(C)C)cc1C(=O)N(Cc1ccc2[nH]ccc2c1)C1CC1. The molecule has 0 unspecified atom stereocenters. The van der Waals surface area contributed by atoms with Gasteiger partial charge >= 0.3 is 0 Å². The molecule has 26 heavy (non-hydrogen) atoms. The molecule has 0 bridgehead atoms. The third-order valence-corrected chi connectivity index (χ3v) is 5.13. The van der Waals surface area contributed by atoms with Gasteiger partial charge < -0.3 is 9.88 Å². The van der Waals surface area contributed by atoms with E-state index in [1.165, 1.54) is 10.9 Å². The Balaban J connectivity index is 1.63. The maximum Gasteiger partial charge on any atom is 0.272 e. The van der Waals surface area contributed by atoms with E-state index in [-0.39, 0.29) is 5.91 Å². The molecule has 1 saturated carbocycles. The fourth-order valence-corrected chi connectivity index (χ4v) is 3.43. The van der Waals surface area contributed by atoms with Crippen LogP contribution in [0.4, 0.5) is 0 Å². The molecule has 0 radical (unpaired) electrons. The first kappa shape index (κ1) is 16.9. The number of nitrogens with zero attached hydrogens (tertiary/aromatic N) is 3. The summed E-state index contributed by atoms with van der Waals surface area (Å²) >= 11 is 0. The van der Waals surface area contributed by atoms with Gasteiger partial charge in [0.2, 0.25) is 0 Å². The number of rotatable bonds is 6. The Bertz CT molecular complexity index is 933. The summed E-state index contributed by atoms with van der Waals surface area (Å²) < 4.78 is 1.85. The molecule has 0 saturated heterocycles. The fraction of sp³-hybridized carbons (Fsp3) is 0.429. The van der Waals surface area contributed by atoms with Crippen molar-refractivity contribution >= 4 is 16.8 Å². The highest BCUT2D eigenvalue weighted by molar-refractivity contribution is 5.93. The minimum atomic E-state index is 0.0999. The van der Waals surface area contributed by atoms with E-state index in [9.17, 15) is 4.79 Å². The summed E-state index contributed by atoms with van der Waals surface area (Å²) in [5.41, 5.74) is 4.00. The normalized spacial score (nSPS) is 14.3. The molecule has 4 rings (SSSR count). The molecular weight excluding hydrogens is 324 g/mol. The molecule has 1 aliphatic rings. The lowest BCUT2D eigenvalue weighted by molar-refractivity contribution is 0.0717. The second kappa shape index (κ2) is 6.63. The zero-order valence-corrected chi connectivity index (χ0v) is 15.7. The molecule has 1 fully saturated rings. The van der Waals surface area contributed by atoms with Crippen LogP contribution in [0.3, 0.4) is 0 Å². The number of aromatic amines is 1. The number of hydrogen-bond donors (Lipinski definition) is 1. The van der Waals surface area contributed by atoms with Crippen molar-refractivity contribution in [2.24, 2.45) is 0 Å². The van der Waals surface area contributed by atoms with Crippen molar-refractivity contribution in [2.45, 2.75) is 58.7 Å². The monoisotopic (exact) mass is 350 g/mol. The van der Waals surface area contributed by atoms with Gasteiger partial charge in [0.05, 0.1) is 5.69 Å². The molecular formula is C21H26N4O. The van der Waals surface area contributed by atoms with Gasteiger partial charge in [-0.15, -0.1) is 0 Å². The molecule has 1 aliphatic carbocycles. The van der Waals surface area contributed by atoms with Crippen LogP contribution in [-0.2, 0) is 13.1 Å². The van der Waals surface area contributed by atoms with Crippen molar-refractivity contribution in [2.75, 3.05) is 0 Å². The largest absolute Gasteiger partial charge is 0.361 e. The van der Waals surface area contributed by atoms with Gasteiger partial charge in [0, 0.05) is 30.8 Å². The molecule has 2 aromatic heterocycles. The van der Waals surface area contributed by atoms with Gasteiger partial charge in [0.25, 0.3) is 5.91 Å². The van der Waals surface area contributed by atoms with Gasteiger partial charge in [0.1, 0.15) is 5.69 Å². The molecule has 1 N–H and O–H groups in total. The Morgan fingerprint density at radius 1 is 1.31 bits per heavy atom. The van der Waals surface area contributed by atoms with Gasteiger partial charge in [-0.2, -0.15) is 5.10 Å². The first-order valence-electron chi connectivity index (χ1n) is 9.51. The summed E-state index contributed by atoms with van der Waals surface area (Å²) in [5.74, 6) is 0.419. The van der Waals surface area contributed by atoms with E-state index < -0.39 is 0 Å². The highest BCUT2D eigenvalue weighted by Gasteiger charge is 2.34. The van der Waals surface area contributed by atoms with E-state index in [0.717, 1.165) is 24.1 Å². The number of carbonyl (C=O) groups excluding carboxylic acids is 1. The molecule has 2 heterocycles. The van der Waals surface area contributed by atoms with E-state index in [0.29, 0.717) is 30.7 Å². The number of amides is 1. The Morgan fingerprint density at radius 2 is 2.12 bits per heavy atom. The van der Waals surface area contributed by atoms with Crippen molar-refractivity contribution in [3.63, 3.8) is 0 Å². The number of benzene rings is 1. The molecule has 0 atom stereocenters. The molecule has 5 nitrogen and oxygen atoms in total. The standard InChI is InChI=1S/C21H26N4O/c1-4-25-20(12-19(23-25)14(2)3)21(26)24(17-6-7-17)13-15-5-8-18-16(11-15)9-10-22-18/h5,8-12,14,17,22H,4,6-7,13H2,1-3H3. The average Bonchev–Trinajstić information content (AvgIpc) is 3.20. The number of nitrogens with one attached hydrogen (secondary N) is 1. The van der Waals surface area contributed by atoms with Crippen LogP contribution >= 0.6 is 0 Å². The van der Waals surface area contributed by atoms with Crippen molar-refractivity contribution in [1.29, 1.82) is 0 Å². The van der Waals surface area contributed by atoms with Gasteiger partial charge in [0.15, 0.2) is 0 Å². The Morgan fingerprint density at radius 3 is 2.81 bits per heavy atom. The van der Waals surface area contributed by atoms with Gasteiger partial charge in [-0.3, -0.25) is 9.48 Å². The maximum absolute atomic E-state index is 13.3. The first-order valence-corrected chi connectivity index (χ1v) is 9.51. The van der Waals surface area contributed by atoms with Crippen molar-refractivity contribution in [3.05, 3.63) is 53.5 Å². The van der Waals surface area contributed by atoms with Crippen LogP contribution in [-0.4, -0.2) is 31.6 Å². The molecule has 1 aromatic carbocycles. The quantitative estimate of drug-likeness (QED) is 0.720. The number of aryl methyl sites for hydroxylation is 1. The van der Waals surface area contributed by atoms with Crippen molar-refractivity contribution in [3.8, 4) is 0 Å². The summed E-state index contributed by atoms with van der Waals surface area (Å²) in [5, 5.41) is 5.80. The smallest absolute Gasteiger partial charge is 0.272 e. The summed E-state index contributed by atoms with van der Waals surface area (Å²) in [4.78, 5) is 18.6.